The lowest BCUT2D eigenvalue weighted by Gasteiger charge is -2.07. The molecule has 0 spiro atoms. The maximum Gasteiger partial charge on any atom is 0.228 e. The van der Waals surface area contributed by atoms with E-state index in [4.69, 9.17) is 5.26 Å². The van der Waals surface area contributed by atoms with Gasteiger partial charge >= 0.3 is 0 Å². The summed E-state index contributed by atoms with van der Waals surface area (Å²) in [6, 6.07) is 11.3. The first-order valence-corrected chi connectivity index (χ1v) is 6.60. The molecule has 96 valence electrons. The van der Waals surface area contributed by atoms with Crippen LogP contribution in [0.2, 0.25) is 0 Å². The topological polar surface area (TPSA) is 74.5 Å². The predicted molar refractivity (Wildman–Crippen MR) is 79.5 cm³/mol. The summed E-state index contributed by atoms with van der Waals surface area (Å²) in [5, 5.41) is 12.9. The summed E-state index contributed by atoms with van der Waals surface area (Å²) in [5.41, 5.74) is 1.94. The third kappa shape index (κ3) is 2.44. The Morgan fingerprint density at radius 2 is 2.10 bits per heavy atom. The molecule has 0 atom stereocenters. The third-order valence-electron chi connectivity index (χ3n) is 2.69. The van der Waals surface area contributed by atoms with Crippen LogP contribution >= 0.6 is 15.9 Å². The van der Waals surface area contributed by atoms with Gasteiger partial charge in [0.2, 0.25) is 5.95 Å². The molecular weight excluding hydrogens is 318 g/mol. The minimum absolute atomic E-state index is 0.318. The number of nitriles is 1. The summed E-state index contributed by atoms with van der Waals surface area (Å²) in [5.74, 6) is 0.376. The monoisotopic (exact) mass is 325 g/mol. The number of halogens is 1. The molecule has 0 amide bonds. The molecule has 0 aliphatic rings. The minimum Gasteiger partial charge on any atom is -0.322 e. The summed E-state index contributed by atoms with van der Waals surface area (Å²) in [4.78, 5) is 12.6. The standard InChI is InChI=1S/C14H8BrN5/c15-10-6-9-2-1-3-12(13(9)18-8-10)20-14-17-5-4-11(7-16)19-14/h1-6,8H,(H,17,19,20). The number of aromatic nitrogens is 3. The average Bonchev–Trinajstić information content (AvgIpc) is 2.47. The lowest BCUT2D eigenvalue weighted by atomic mass is 10.2. The van der Waals surface area contributed by atoms with Crippen LogP contribution in [0.25, 0.3) is 10.9 Å². The molecule has 0 saturated heterocycles. The van der Waals surface area contributed by atoms with Crippen LogP contribution in [0.4, 0.5) is 11.6 Å². The van der Waals surface area contributed by atoms with Crippen LogP contribution in [0.15, 0.2) is 47.2 Å². The van der Waals surface area contributed by atoms with Crippen molar-refractivity contribution in [2.24, 2.45) is 0 Å². The zero-order valence-corrected chi connectivity index (χ0v) is 11.8. The van der Waals surface area contributed by atoms with Gasteiger partial charge in [-0.2, -0.15) is 5.26 Å². The molecule has 3 rings (SSSR count). The van der Waals surface area contributed by atoms with E-state index < -0.39 is 0 Å². The number of rotatable bonds is 2. The summed E-state index contributed by atoms with van der Waals surface area (Å²) >= 11 is 3.40. The van der Waals surface area contributed by atoms with E-state index in [9.17, 15) is 0 Å². The third-order valence-corrected chi connectivity index (χ3v) is 3.13. The summed E-state index contributed by atoms with van der Waals surface area (Å²) in [6.45, 7) is 0. The molecule has 3 aromatic rings. The second-order valence-electron chi connectivity index (χ2n) is 4.03. The van der Waals surface area contributed by atoms with Crippen molar-refractivity contribution in [1.29, 1.82) is 5.26 Å². The largest absolute Gasteiger partial charge is 0.322 e. The highest BCUT2D eigenvalue weighted by molar-refractivity contribution is 9.10. The van der Waals surface area contributed by atoms with Gasteiger partial charge in [0.1, 0.15) is 11.8 Å². The van der Waals surface area contributed by atoms with Gasteiger partial charge in [-0.1, -0.05) is 12.1 Å². The lowest BCUT2D eigenvalue weighted by molar-refractivity contribution is 1.14. The first-order valence-electron chi connectivity index (χ1n) is 5.81. The average molecular weight is 326 g/mol. The van der Waals surface area contributed by atoms with Crippen LogP contribution in [-0.4, -0.2) is 15.0 Å². The molecule has 0 unspecified atom stereocenters. The van der Waals surface area contributed by atoms with Crippen LogP contribution in [0.3, 0.4) is 0 Å². The number of hydrogen-bond acceptors (Lipinski definition) is 5. The van der Waals surface area contributed by atoms with Crippen LogP contribution in [0, 0.1) is 11.3 Å². The van der Waals surface area contributed by atoms with Crippen LogP contribution in [-0.2, 0) is 0 Å². The highest BCUT2D eigenvalue weighted by atomic mass is 79.9. The van der Waals surface area contributed by atoms with E-state index in [1.54, 1.807) is 18.5 Å². The van der Waals surface area contributed by atoms with Crippen molar-refractivity contribution in [2.75, 3.05) is 5.32 Å². The molecular formula is C14H8BrN5. The molecule has 0 aliphatic heterocycles. The van der Waals surface area contributed by atoms with Gasteiger partial charge in [-0.3, -0.25) is 4.98 Å². The Kier molecular flexibility index (Phi) is 3.27. The molecule has 20 heavy (non-hydrogen) atoms. The van der Waals surface area contributed by atoms with E-state index in [1.807, 2.05) is 30.3 Å². The Labute approximate surface area is 123 Å². The number of para-hydroxylation sites is 1. The predicted octanol–water partition coefficient (Wildman–Crippen LogP) is 3.40. The maximum atomic E-state index is 8.84. The molecule has 0 radical (unpaired) electrons. The Balaban J connectivity index is 2.04. The lowest BCUT2D eigenvalue weighted by Crippen LogP contribution is -1.99. The van der Waals surface area contributed by atoms with Crippen molar-refractivity contribution >= 4 is 38.5 Å². The highest BCUT2D eigenvalue weighted by Gasteiger charge is 2.05. The van der Waals surface area contributed by atoms with Gasteiger partial charge in [-0.15, -0.1) is 0 Å². The molecule has 6 heteroatoms. The number of anilines is 2. The molecule has 1 N–H and O–H groups in total. The van der Waals surface area contributed by atoms with Crippen LogP contribution in [0.5, 0.6) is 0 Å². The Bertz CT molecular complexity index is 825. The summed E-state index contributed by atoms with van der Waals surface area (Å²) < 4.78 is 0.921. The van der Waals surface area contributed by atoms with Crippen molar-refractivity contribution < 1.29 is 0 Å². The molecule has 2 aromatic heterocycles. The number of pyridine rings is 1. The fourth-order valence-corrected chi connectivity index (χ4v) is 2.19. The zero-order chi connectivity index (χ0) is 13.9. The highest BCUT2D eigenvalue weighted by Crippen LogP contribution is 2.25. The quantitative estimate of drug-likeness (QED) is 0.781. The second-order valence-corrected chi connectivity index (χ2v) is 4.95. The van der Waals surface area contributed by atoms with E-state index in [1.165, 1.54) is 0 Å². The van der Waals surface area contributed by atoms with Gasteiger partial charge < -0.3 is 5.32 Å². The molecule has 0 fully saturated rings. The van der Waals surface area contributed by atoms with E-state index in [-0.39, 0.29) is 0 Å². The van der Waals surface area contributed by atoms with Gasteiger partial charge in [-0.25, -0.2) is 9.97 Å². The van der Waals surface area contributed by atoms with Gasteiger partial charge in [0.15, 0.2) is 0 Å². The van der Waals surface area contributed by atoms with E-state index >= 15 is 0 Å². The fraction of sp³-hybridized carbons (Fsp3) is 0. The Morgan fingerprint density at radius 1 is 1.20 bits per heavy atom. The second kappa shape index (κ2) is 5.23. The molecule has 0 bridgehead atoms. The summed E-state index contributed by atoms with van der Waals surface area (Å²) in [7, 11) is 0. The first-order chi connectivity index (χ1) is 9.76. The number of hydrogen-bond donors (Lipinski definition) is 1. The van der Waals surface area contributed by atoms with Crippen molar-refractivity contribution in [3.8, 4) is 6.07 Å². The Morgan fingerprint density at radius 3 is 2.95 bits per heavy atom. The van der Waals surface area contributed by atoms with Crippen LogP contribution in [0.1, 0.15) is 5.69 Å². The molecule has 0 aliphatic carbocycles. The molecule has 5 nitrogen and oxygen atoms in total. The van der Waals surface area contributed by atoms with Gasteiger partial charge in [0.05, 0.1) is 11.2 Å². The minimum atomic E-state index is 0.318. The maximum absolute atomic E-state index is 8.84. The Hall–Kier alpha value is -2.52. The van der Waals surface area contributed by atoms with E-state index in [2.05, 4.69) is 36.2 Å². The molecule has 2 heterocycles. The summed E-state index contributed by atoms with van der Waals surface area (Å²) in [6.07, 6.45) is 3.28. The van der Waals surface area contributed by atoms with Gasteiger partial charge in [0.25, 0.3) is 0 Å². The van der Waals surface area contributed by atoms with E-state index in [0.29, 0.717) is 11.6 Å². The first kappa shape index (κ1) is 12.5. The molecule has 0 saturated carbocycles. The van der Waals surface area contributed by atoms with Crippen LogP contribution < -0.4 is 5.32 Å². The number of benzene rings is 1. The van der Waals surface area contributed by atoms with Crippen molar-refractivity contribution in [1.82, 2.24) is 15.0 Å². The SMILES string of the molecule is N#Cc1ccnc(Nc2cccc3cc(Br)cnc23)n1. The van der Waals surface area contributed by atoms with Gasteiger partial charge in [-0.05, 0) is 34.1 Å². The van der Waals surface area contributed by atoms with Gasteiger partial charge in [0, 0.05) is 22.3 Å². The van der Waals surface area contributed by atoms with Crippen molar-refractivity contribution in [2.45, 2.75) is 0 Å². The normalized spacial score (nSPS) is 10.2. The molecule has 1 aromatic carbocycles. The number of fused-ring (bicyclic) bond motifs is 1. The number of nitrogens with zero attached hydrogens (tertiary/aromatic N) is 4. The zero-order valence-electron chi connectivity index (χ0n) is 10.2. The van der Waals surface area contributed by atoms with Crippen molar-refractivity contribution in [3.63, 3.8) is 0 Å². The van der Waals surface area contributed by atoms with E-state index in [0.717, 1.165) is 21.1 Å². The fourth-order valence-electron chi connectivity index (χ4n) is 1.84. The smallest absolute Gasteiger partial charge is 0.228 e. The number of nitrogens with one attached hydrogen (secondary N) is 1. The van der Waals surface area contributed by atoms with Crippen molar-refractivity contribution in [3.05, 3.63) is 52.9 Å².